The lowest BCUT2D eigenvalue weighted by atomic mass is 9.74. The summed E-state index contributed by atoms with van der Waals surface area (Å²) in [5.74, 6) is -1.92. The molecule has 1 aromatic rings. The summed E-state index contributed by atoms with van der Waals surface area (Å²) in [6, 6.07) is 0. The monoisotopic (exact) mass is 324 g/mol. The highest BCUT2D eigenvalue weighted by Crippen LogP contribution is 2.35. The SMILES string of the molecule is CC(C)(C)[C@@H]1CNC(=O)[C@H]1C(=O)Nc1nc(CC(N)=O)cs1. The van der Waals surface area contributed by atoms with Crippen LogP contribution in [0.25, 0.3) is 0 Å². The van der Waals surface area contributed by atoms with E-state index in [4.69, 9.17) is 5.73 Å². The van der Waals surface area contributed by atoms with E-state index in [1.807, 2.05) is 20.8 Å². The Morgan fingerprint density at radius 3 is 2.77 bits per heavy atom. The molecule has 2 heterocycles. The quantitative estimate of drug-likeness (QED) is 0.700. The predicted molar refractivity (Wildman–Crippen MR) is 83.1 cm³/mol. The predicted octanol–water partition coefficient (Wildman–Crippen LogP) is 0.518. The number of carbonyl (C=O) groups is 3. The summed E-state index contributed by atoms with van der Waals surface area (Å²) in [5, 5.41) is 7.44. The maximum Gasteiger partial charge on any atom is 0.239 e. The summed E-state index contributed by atoms with van der Waals surface area (Å²) in [4.78, 5) is 39.4. The average Bonchev–Trinajstić information content (AvgIpc) is 2.94. The number of anilines is 1. The summed E-state index contributed by atoms with van der Waals surface area (Å²) >= 11 is 1.21. The summed E-state index contributed by atoms with van der Waals surface area (Å²) < 4.78 is 0. The van der Waals surface area contributed by atoms with E-state index in [2.05, 4.69) is 15.6 Å². The fraction of sp³-hybridized carbons (Fsp3) is 0.571. The zero-order valence-corrected chi connectivity index (χ0v) is 13.6. The molecule has 0 spiro atoms. The number of nitrogens with two attached hydrogens (primary N) is 1. The van der Waals surface area contributed by atoms with Crippen LogP contribution in [0.1, 0.15) is 26.5 Å². The van der Waals surface area contributed by atoms with Crippen LogP contribution in [0.5, 0.6) is 0 Å². The Morgan fingerprint density at radius 2 is 2.18 bits per heavy atom. The molecule has 120 valence electrons. The number of thiazole rings is 1. The van der Waals surface area contributed by atoms with Gasteiger partial charge in [0.15, 0.2) is 5.13 Å². The number of aromatic nitrogens is 1. The van der Waals surface area contributed by atoms with Gasteiger partial charge in [0, 0.05) is 17.8 Å². The van der Waals surface area contributed by atoms with Gasteiger partial charge in [-0.3, -0.25) is 14.4 Å². The lowest BCUT2D eigenvalue weighted by molar-refractivity contribution is -0.132. The van der Waals surface area contributed by atoms with E-state index < -0.39 is 11.8 Å². The first-order valence-electron chi connectivity index (χ1n) is 7.00. The number of nitrogens with one attached hydrogen (secondary N) is 2. The van der Waals surface area contributed by atoms with Crippen molar-refractivity contribution in [3.05, 3.63) is 11.1 Å². The Bertz CT molecular complexity index is 605. The van der Waals surface area contributed by atoms with Gasteiger partial charge in [-0.2, -0.15) is 0 Å². The van der Waals surface area contributed by atoms with Crippen molar-refractivity contribution in [2.24, 2.45) is 23.0 Å². The van der Waals surface area contributed by atoms with Crippen LogP contribution in [0.4, 0.5) is 5.13 Å². The topological polar surface area (TPSA) is 114 Å². The van der Waals surface area contributed by atoms with Gasteiger partial charge in [0.05, 0.1) is 12.1 Å². The first-order valence-corrected chi connectivity index (χ1v) is 7.87. The number of nitrogens with zero attached hydrogens (tertiary/aromatic N) is 1. The van der Waals surface area contributed by atoms with Crippen molar-refractivity contribution in [2.45, 2.75) is 27.2 Å². The van der Waals surface area contributed by atoms with Gasteiger partial charge in [0.25, 0.3) is 0 Å². The van der Waals surface area contributed by atoms with Gasteiger partial charge in [0.1, 0.15) is 5.92 Å². The van der Waals surface area contributed by atoms with Crippen molar-refractivity contribution in [3.63, 3.8) is 0 Å². The van der Waals surface area contributed by atoms with Gasteiger partial charge in [-0.1, -0.05) is 20.8 Å². The second-order valence-corrected chi connectivity index (χ2v) is 7.33. The molecule has 0 bridgehead atoms. The average molecular weight is 324 g/mol. The minimum absolute atomic E-state index is 0.0287. The van der Waals surface area contributed by atoms with Crippen LogP contribution in [-0.4, -0.2) is 29.3 Å². The molecule has 1 fully saturated rings. The number of amides is 3. The van der Waals surface area contributed by atoms with Gasteiger partial charge in [0.2, 0.25) is 17.7 Å². The van der Waals surface area contributed by atoms with E-state index in [9.17, 15) is 14.4 Å². The number of rotatable bonds is 4. The highest BCUT2D eigenvalue weighted by atomic mass is 32.1. The van der Waals surface area contributed by atoms with Crippen molar-refractivity contribution < 1.29 is 14.4 Å². The Kier molecular flexibility index (Phi) is 4.50. The third-order valence-electron chi connectivity index (χ3n) is 3.71. The van der Waals surface area contributed by atoms with E-state index in [0.717, 1.165) is 0 Å². The van der Waals surface area contributed by atoms with E-state index in [0.29, 0.717) is 17.4 Å². The number of hydrogen-bond donors (Lipinski definition) is 3. The largest absolute Gasteiger partial charge is 0.369 e. The van der Waals surface area contributed by atoms with E-state index in [1.54, 1.807) is 5.38 Å². The molecule has 7 nitrogen and oxygen atoms in total. The molecule has 0 radical (unpaired) electrons. The van der Waals surface area contributed by atoms with Crippen molar-refractivity contribution in [3.8, 4) is 0 Å². The molecular weight excluding hydrogens is 304 g/mol. The molecule has 0 aliphatic carbocycles. The molecule has 4 N–H and O–H groups in total. The molecule has 0 aromatic carbocycles. The smallest absolute Gasteiger partial charge is 0.239 e. The normalized spacial score (nSPS) is 21.5. The van der Waals surface area contributed by atoms with Crippen molar-refractivity contribution >= 4 is 34.2 Å². The lowest BCUT2D eigenvalue weighted by Crippen LogP contribution is -2.37. The highest BCUT2D eigenvalue weighted by molar-refractivity contribution is 7.13. The summed E-state index contributed by atoms with van der Waals surface area (Å²) in [7, 11) is 0. The minimum atomic E-state index is -0.733. The summed E-state index contributed by atoms with van der Waals surface area (Å²) in [6.07, 6.45) is 0.0287. The van der Waals surface area contributed by atoms with Gasteiger partial charge < -0.3 is 16.4 Å². The second kappa shape index (κ2) is 6.04. The number of hydrogen-bond acceptors (Lipinski definition) is 5. The van der Waals surface area contributed by atoms with Crippen LogP contribution in [0, 0.1) is 17.3 Å². The first kappa shape index (κ1) is 16.4. The molecule has 1 aromatic heterocycles. The minimum Gasteiger partial charge on any atom is -0.369 e. The first-order chi connectivity index (χ1) is 10.2. The number of primary amides is 1. The Hall–Kier alpha value is -1.96. The molecule has 0 unspecified atom stereocenters. The molecular formula is C14H20N4O3S. The van der Waals surface area contributed by atoms with Gasteiger partial charge in [-0.05, 0) is 5.41 Å². The molecule has 2 atom stereocenters. The maximum absolute atomic E-state index is 12.4. The molecule has 3 amide bonds. The molecule has 22 heavy (non-hydrogen) atoms. The zero-order chi connectivity index (χ0) is 16.5. The van der Waals surface area contributed by atoms with Gasteiger partial charge in [-0.25, -0.2) is 4.98 Å². The molecule has 0 saturated carbocycles. The van der Waals surface area contributed by atoms with Gasteiger partial charge >= 0.3 is 0 Å². The van der Waals surface area contributed by atoms with Crippen LogP contribution < -0.4 is 16.4 Å². The van der Waals surface area contributed by atoms with Crippen LogP contribution in [-0.2, 0) is 20.8 Å². The summed E-state index contributed by atoms with van der Waals surface area (Å²) in [5.41, 5.74) is 5.45. The van der Waals surface area contributed by atoms with Crippen LogP contribution in [0.3, 0.4) is 0 Å². The van der Waals surface area contributed by atoms with Crippen LogP contribution in [0.15, 0.2) is 5.38 Å². The van der Waals surface area contributed by atoms with Crippen LogP contribution >= 0.6 is 11.3 Å². The van der Waals surface area contributed by atoms with Crippen molar-refractivity contribution in [1.29, 1.82) is 0 Å². The third kappa shape index (κ3) is 3.62. The van der Waals surface area contributed by atoms with E-state index in [-0.39, 0.29) is 29.6 Å². The second-order valence-electron chi connectivity index (χ2n) is 6.47. The third-order valence-corrected chi connectivity index (χ3v) is 4.52. The molecule has 8 heteroatoms. The number of carbonyl (C=O) groups excluding carboxylic acids is 3. The van der Waals surface area contributed by atoms with Crippen LogP contribution in [0.2, 0.25) is 0 Å². The lowest BCUT2D eigenvalue weighted by Gasteiger charge is -2.29. The molecule has 2 rings (SSSR count). The highest BCUT2D eigenvalue weighted by Gasteiger charge is 2.45. The Balaban J connectivity index is 2.09. The van der Waals surface area contributed by atoms with Crippen molar-refractivity contribution in [1.82, 2.24) is 10.3 Å². The fourth-order valence-corrected chi connectivity index (χ4v) is 3.25. The Labute approximate surface area is 132 Å². The molecule has 1 saturated heterocycles. The zero-order valence-electron chi connectivity index (χ0n) is 12.8. The van der Waals surface area contributed by atoms with E-state index >= 15 is 0 Å². The maximum atomic E-state index is 12.4. The Morgan fingerprint density at radius 1 is 1.50 bits per heavy atom. The fourth-order valence-electron chi connectivity index (χ4n) is 2.54. The molecule has 1 aliphatic heterocycles. The van der Waals surface area contributed by atoms with Gasteiger partial charge in [-0.15, -0.1) is 11.3 Å². The molecule has 1 aliphatic rings. The standard InChI is InChI=1S/C14H20N4O3S/c1-14(2,3)8-5-16-11(20)10(8)12(21)18-13-17-7(6-22-13)4-9(15)19/h6,8,10H,4-5H2,1-3H3,(H2,15,19)(H,16,20)(H,17,18,21)/t8-,10+/m1/s1. The van der Waals surface area contributed by atoms with E-state index in [1.165, 1.54) is 11.3 Å². The van der Waals surface area contributed by atoms with Crippen molar-refractivity contribution in [2.75, 3.05) is 11.9 Å². The summed E-state index contributed by atoms with van der Waals surface area (Å²) in [6.45, 7) is 6.51.